The number of ether oxygens (including phenoxy) is 1. The molecule has 4 rings (SSSR count). The zero-order chi connectivity index (χ0) is 21.0. The maximum Gasteiger partial charge on any atom is 0.410 e. The Bertz CT molecular complexity index is 824. The minimum Gasteiger partial charge on any atom is -0.444 e. The van der Waals surface area contributed by atoms with Crippen LogP contribution in [0.25, 0.3) is 0 Å². The molecular weight excluding hydrogens is 368 g/mol. The van der Waals surface area contributed by atoms with Crippen LogP contribution in [-0.4, -0.2) is 52.4 Å². The summed E-state index contributed by atoms with van der Waals surface area (Å²) in [5.74, 6) is -0.134. The van der Waals surface area contributed by atoms with Gasteiger partial charge >= 0.3 is 6.09 Å². The number of amides is 3. The third-order valence-corrected chi connectivity index (χ3v) is 6.63. The highest BCUT2D eigenvalue weighted by molar-refractivity contribution is 6.21. The van der Waals surface area contributed by atoms with Gasteiger partial charge in [-0.05, 0) is 69.9 Å². The van der Waals surface area contributed by atoms with Crippen LogP contribution in [0.2, 0.25) is 0 Å². The largest absolute Gasteiger partial charge is 0.444 e. The van der Waals surface area contributed by atoms with E-state index in [4.69, 9.17) is 4.74 Å². The summed E-state index contributed by atoms with van der Waals surface area (Å²) in [5, 5.41) is 0. The second-order valence-corrected chi connectivity index (χ2v) is 9.97. The Kier molecular flexibility index (Phi) is 4.71. The molecular formula is C23H30N2O4. The highest BCUT2D eigenvalue weighted by atomic mass is 16.6. The lowest BCUT2D eigenvalue weighted by atomic mass is 9.67. The van der Waals surface area contributed by atoms with E-state index >= 15 is 0 Å². The lowest BCUT2D eigenvalue weighted by Gasteiger charge is -2.44. The first-order valence-electron chi connectivity index (χ1n) is 10.6. The van der Waals surface area contributed by atoms with Crippen LogP contribution in [0.3, 0.4) is 0 Å². The molecule has 156 valence electrons. The van der Waals surface area contributed by atoms with Gasteiger partial charge in [-0.1, -0.05) is 19.1 Å². The molecule has 3 amide bonds. The Morgan fingerprint density at radius 3 is 2.28 bits per heavy atom. The molecule has 0 bridgehead atoms. The molecule has 0 N–H and O–H groups in total. The average molecular weight is 399 g/mol. The Morgan fingerprint density at radius 1 is 1.10 bits per heavy atom. The van der Waals surface area contributed by atoms with Crippen molar-refractivity contribution >= 4 is 17.9 Å². The normalized spacial score (nSPS) is 29.5. The zero-order valence-electron chi connectivity index (χ0n) is 17.7. The number of hydrogen-bond acceptors (Lipinski definition) is 4. The van der Waals surface area contributed by atoms with E-state index in [0.717, 1.165) is 25.7 Å². The van der Waals surface area contributed by atoms with Crippen LogP contribution in [0.4, 0.5) is 4.79 Å². The first-order valence-corrected chi connectivity index (χ1v) is 10.6. The van der Waals surface area contributed by atoms with Crippen molar-refractivity contribution in [2.75, 3.05) is 13.1 Å². The number of nitrogens with zero attached hydrogens (tertiary/aromatic N) is 2. The molecule has 1 spiro atoms. The number of fused-ring (bicyclic) bond motifs is 1. The van der Waals surface area contributed by atoms with Crippen molar-refractivity contribution < 1.29 is 19.1 Å². The van der Waals surface area contributed by atoms with Gasteiger partial charge in [-0.25, -0.2) is 4.79 Å². The molecule has 3 atom stereocenters. The quantitative estimate of drug-likeness (QED) is 0.668. The second-order valence-electron chi connectivity index (χ2n) is 9.97. The lowest BCUT2D eigenvalue weighted by molar-refractivity contribution is 0.0208. The molecule has 1 aliphatic carbocycles. The van der Waals surface area contributed by atoms with Crippen LogP contribution in [0, 0.1) is 11.3 Å². The Balaban J connectivity index is 1.44. The van der Waals surface area contributed by atoms with Crippen LogP contribution < -0.4 is 0 Å². The maximum absolute atomic E-state index is 12.9. The minimum atomic E-state index is -0.497. The fourth-order valence-corrected chi connectivity index (χ4v) is 5.34. The molecule has 3 aliphatic rings. The van der Waals surface area contributed by atoms with Gasteiger partial charge in [0.25, 0.3) is 11.8 Å². The molecule has 0 aromatic heterocycles. The number of imide groups is 1. The van der Waals surface area contributed by atoms with E-state index in [9.17, 15) is 14.4 Å². The molecule has 0 unspecified atom stereocenters. The standard InChI is InChI=1S/C23H30N2O4/c1-15-13-23(11-12-24(14-23)21(28)29-22(2,3)4)10-9-18(15)25-19(26)16-7-5-6-8-17(16)20(25)27/h5-8,15,18H,9-14H2,1-4H3/t15-,18+,23-/m0/s1. The molecule has 2 heterocycles. The third-order valence-electron chi connectivity index (χ3n) is 6.63. The maximum atomic E-state index is 12.9. The smallest absolute Gasteiger partial charge is 0.410 e. The first kappa shape index (κ1) is 19.9. The predicted molar refractivity (Wildman–Crippen MR) is 109 cm³/mol. The summed E-state index contributed by atoms with van der Waals surface area (Å²) in [5.41, 5.74) is 0.596. The van der Waals surface area contributed by atoms with Gasteiger partial charge in [0.15, 0.2) is 0 Å². The monoisotopic (exact) mass is 398 g/mol. The van der Waals surface area contributed by atoms with E-state index < -0.39 is 5.60 Å². The van der Waals surface area contributed by atoms with Crippen LogP contribution >= 0.6 is 0 Å². The number of rotatable bonds is 1. The van der Waals surface area contributed by atoms with Crippen LogP contribution in [0.15, 0.2) is 24.3 Å². The third kappa shape index (κ3) is 3.53. The summed E-state index contributed by atoms with van der Waals surface area (Å²) in [4.78, 5) is 41.5. The van der Waals surface area contributed by atoms with Crippen molar-refractivity contribution in [2.24, 2.45) is 11.3 Å². The van der Waals surface area contributed by atoms with E-state index in [1.54, 1.807) is 24.3 Å². The van der Waals surface area contributed by atoms with Gasteiger partial charge in [-0.15, -0.1) is 0 Å². The topological polar surface area (TPSA) is 66.9 Å². The molecule has 6 nitrogen and oxygen atoms in total. The van der Waals surface area contributed by atoms with Gasteiger partial charge in [0.2, 0.25) is 0 Å². The van der Waals surface area contributed by atoms with Crippen molar-refractivity contribution in [3.8, 4) is 0 Å². The molecule has 1 saturated carbocycles. The van der Waals surface area contributed by atoms with E-state index in [1.807, 2.05) is 25.7 Å². The number of carbonyl (C=O) groups excluding carboxylic acids is 3. The van der Waals surface area contributed by atoms with Crippen molar-refractivity contribution in [1.29, 1.82) is 0 Å². The SMILES string of the molecule is C[C@H]1C[C@]2(CC[C@H]1N1C(=O)c3ccccc3C1=O)CCN(C(=O)OC(C)(C)C)C2. The molecule has 2 aliphatic heterocycles. The number of hydrogen-bond donors (Lipinski definition) is 0. The summed E-state index contributed by atoms with van der Waals surface area (Å²) in [6, 6.07) is 7.00. The fourth-order valence-electron chi connectivity index (χ4n) is 5.34. The highest BCUT2D eigenvalue weighted by Gasteiger charge is 2.50. The molecule has 1 saturated heterocycles. The van der Waals surface area contributed by atoms with Gasteiger partial charge in [0, 0.05) is 19.1 Å². The Hall–Kier alpha value is -2.37. The number of benzene rings is 1. The van der Waals surface area contributed by atoms with E-state index in [2.05, 4.69) is 6.92 Å². The van der Waals surface area contributed by atoms with Crippen molar-refractivity contribution in [2.45, 2.75) is 65.0 Å². The van der Waals surface area contributed by atoms with Crippen LogP contribution in [0.1, 0.15) is 74.1 Å². The molecule has 1 aromatic carbocycles. The highest BCUT2D eigenvalue weighted by Crippen LogP contribution is 2.48. The molecule has 1 aromatic rings. The average Bonchev–Trinajstić information content (AvgIpc) is 3.15. The van der Waals surface area contributed by atoms with E-state index in [-0.39, 0.29) is 35.3 Å². The molecule has 6 heteroatoms. The molecule has 2 fully saturated rings. The zero-order valence-corrected chi connectivity index (χ0v) is 17.7. The summed E-state index contributed by atoms with van der Waals surface area (Å²) in [6.07, 6.45) is 3.31. The first-order chi connectivity index (χ1) is 13.6. The number of likely N-dealkylation sites (tertiary alicyclic amines) is 1. The van der Waals surface area contributed by atoms with Crippen molar-refractivity contribution in [1.82, 2.24) is 9.80 Å². The van der Waals surface area contributed by atoms with E-state index in [0.29, 0.717) is 24.2 Å². The lowest BCUT2D eigenvalue weighted by Crippen LogP contribution is -2.49. The van der Waals surface area contributed by atoms with Crippen LogP contribution in [-0.2, 0) is 4.74 Å². The summed E-state index contributed by atoms with van der Waals surface area (Å²) < 4.78 is 5.54. The number of carbonyl (C=O) groups is 3. The van der Waals surface area contributed by atoms with Gasteiger partial charge in [0.1, 0.15) is 5.60 Å². The van der Waals surface area contributed by atoms with Gasteiger partial charge < -0.3 is 9.64 Å². The molecule has 0 radical (unpaired) electrons. The van der Waals surface area contributed by atoms with E-state index in [1.165, 1.54) is 4.90 Å². The second kappa shape index (κ2) is 6.85. The van der Waals surface area contributed by atoms with Gasteiger partial charge in [0.05, 0.1) is 11.1 Å². The van der Waals surface area contributed by atoms with Gasteiger partial charge in [-0.2, -0.15) is 0 Å². The van der Waals surface area contributed by atoms with Crippen molar-refractivity contribution in [3.05, 3.63) is 35.4 Å². The minimum absolute atomic E-state index is 0.0610. The van der Waals surface area contributed by atoms with Crippen molar-refractivity contribution in [3.63, 3.8) is 0 Å². The predicted octanol–water partition coefficient (Wildman–Crippen LogP) is 4.10. The fraction of sp³-hybridized carbons (Fsp3) is 0.609. The van der Waals surface area contributed by atoms with Gasteiger partial charge in [-0.3, -0.25) is 14.5 Å². The molecule has 29 heavy (non-hydrogen) atoms. The summed E-state index contributed by atoms with van der Waals surface area (Å²) in [6.45, 7) is 9.18. The summed E-state index contributed by atoms with van der Waals surface area (Å²) >= 11 is 0. The summed E-state index contributed by atoms with van der Waals surface area (Å²) in [7, 11) is 0. The Morgan fingerprint density at radius 2 is 1.72 bits per heavy atom. The Labute approximate surface area is 172 Å². The van der Waals surface area contributed by atoms with Crippen LogP contribution in [0.5, 0.6) is 0 Å².